The van der Waals surface area contributed by atoms with Crippen LogP contribution in [-0.4, -0.2) is 28.9 Å². The Morgan fingerprint density at radius 1 is 1.41 bits per heavy atom. The number of carboxylic acids is 1. The summed E-state index contributed by atoms with van der Waals surface area (Å²) < 4.78 is 4.97. The van der Waals surface area contributed by atoms with Crippen LogP contribution in [-0.2, 0) is 4.79 Å². The summed E-state index contributed by atoms with van der Waals surface area (Å²) in [5, 5.41) is 11.2. The Kier molecular flexibility index (Phi) is 4.60. The van der Waals surface area contributed by atoms with Gasteiger partial charge in [0.1, 0.15) is 5.75 Å². The second-order valence-corrected chi connectivity index (χ2v) is 4.11. The number of halogens is 2. The van der Waals surface area contributed by atoms with Crippen LogP contribution in [0.5, 0.6) is 5.75 Å². The summed E-state index contributed by atoms with van der Waals surface area (Å²) in [6.45, 7) is 0. The second-order valence-electron chi connectivity index (χ2n) is 3.01. The predicted octanol–water partition coefficient (Wildman–Crippen LogP) is 2.14. The van der Waals surface area contributed by atoms with Gasteiger partial charge in [0, 0.05) is 0 Å². The Labute approximate surface area is 107 Å². The standard InChI is InChI=1S/C10H9Cl2NO4/c1-17-7-3-2-5(10(15)16)4-6(7)13-9(14)8(11)12/h2-4,8H,1H3,(H,13,14)(H,15,16). The van der Waals surface area contributed by atoms with E-state index in [2.05, 4.69) is 5.32 Å². The van der Waals surface area contributed by atoms with E-state index >= 15 is 0 Å². The van der Waals surface area contributed by atoms with Crippen LogP contribution in [0, 0.1) is 0 Å². The highest BCUT2D eigenvalue weighted by Gasteiger charge is 2.15. The van der Waals surface area contributed by atoms with Gasteiger partial charge in [0.2, 0.25) is 0 Å². The first-order chi connectivity index (χ1) is 7.95. The number of nitrogens with one attached hydrogen (secondary N) is 1. The number of hydrogen-bond donors (Lipinski definition) is 2. The number of carboxylic acid groups (broad SMARTS) is 1. The highest BCUT2D eigenvalue weighted by atomic mass is 35.5. The molecule has 0 aromatic heterocycles. The van der Waals surface area contributed by atoms with E-state index in [0.29, 0.717) is 5.75 Å². The number of aromatic carboxylic acids is 1. The molecule has 7 heteroatoms. The third kappa shape index (κ3) is 3.51. The van der Waals surface area contributed by atoms with Crippen molar-refractivity contribution >= 4 is 40.8 Å². The normalized spacial score (nSPS) is 10.1. The number of benzene rings is 1. The van der Waals surface area contributed by atoms with Gasteiger partial charge >= 0.3 is 5.97 Å². The molecule has 0 unspecified atom stereocenters. The maximum Gasteiger partial charge on any atom is 0.335 e. The Morgan fingerprint density at radius 2 is 2.06 bits per heavy atom. The SMILES string of the molecule is COc1ccc(C(=O)O)cc1NC(=O)C(Cl)Cl. The number of rotatable bonds is 4. The molecule has 17 heavy (non-hydrogen) atoms. The molecule has 1 aromatic carbocycles. The molecule has 0 saturated heterocycles. The number of alkyl halides is 2. The highest BCUT2D eigenvalue weighted by molar-refractivity contribution is 6.54. The number of hydrogen-bond acceptors (Lipinski definition) is 3. The monoisotopic (exact) mass is 277 g/mol. The van der Waals surface area contributed by atoms with E-state index in [-0.39, 0.29) is 11.3 Å². The van der Waals surface area contributed by atoms with E-state index in [4.69, 9.17) is 33.0 Å². The van der Waals surface area contributed by atoms with Gasteiger partial charge in [-0.1, -0.05) is 23.2 Å². The molecule has 0 heterocycles. The zero-order valence-electron chi connectivity index (χ0n) is 8.74. The van der Waals surface area contributed by atoms with Crippen molar-refractivity contribution in [1.82, 2.24) is 0 Å². The molecule has 0 aliphatic rings. The summed E-state index contributed by atoms with van der Waals surface area (Å²) in [5.74, 6) is -1.46. The summed E-state index contributed by atoms with van der Waals surface area (Å²) in [6, 6.07) is 4.04. The zero-order chi connectivity index (χ0) is 13.0. The number of carbonyl (C=O) groups excluding carboxylic acids is 1. The largest absolute Gasteiger partial charge is 0.495 e. The summed E-state index contributed by atoms with van der Waals surface area (Å²) in [7, 11) is 1.39. The van der Waals surface area contributed by atoms with E-state index < -0.39 is 16.7 Å². The van der Waals surface area contributed by atoms with Gasteiger partial charge in [0.05, 0.1) is 18.4 Å². The van der Waals surface area contributed by atoms with Crippen molar-refractivity contribution in [1.29, 1.82) is 0 Å². The van der Waals surface area contributed by atoms with Gasteiger partial charge in [-0.25, -0.2) is 4.79 Å². The van der Waals surface area contributed by atoms with Crippen LogP contribution >= 0.6 is 23.2 Å². The predicted molar refractivity (Wildman–Crippen MR) is 64.1 cm³/mol. The number of amides is 1. The molecule has 1 rings (SSSR count). The van der Waals surface area contributed by atoms with Crippen molar-refractivity contribution in [2.75, 3.05) is 12.4 Å². The fourth-order valence-corrected chi connectivity index (χ4v) is 1.24. The minimum absolute atomic E-state index is 0.0156. The first kappa shape index (κ1) is 13.6. The van der Waals surface area contributed by atoms with E-state index in [0.717, 1.165) is 0 Å². The van der Waals surface area contributed by atoms with Crippen LogP contribution in [0.3, 0.4) is 0 Å². The van der Waals surface area contributed by atoms with Crippen LogP contribution in [0.2, 0.25) is 0 Å². The van der Waals surface area contributed by atoms with Gasteiger partial charge in [0.15, 0.2) is 4.84 Å². The van der Waals surface area contributed by atoms with Gasteiger partial charge in [0.25, 0.3) is 5.91 Å². The Bertz CT molecular complexity index is 448. The van der Waals surface area contributed by atoms with Crippen LogP contribution in [0.4, 0.5) is 5.69 Å². The lowest BCUT2D eigenvalue weighted by Crippen LogP contribution is -2.19. The van der Waals surface area contributed by atoms with Crippen LogP contribution < -0.4 is 10.1 Å². The first-order valence-electron chi connectivity index (χ1n) is 4.46. The molecule has 0 bridgehead atoms. The molecule has 0 fully saturated rings. The quantitative estimate of drug-likeness (QED) is 0.827. The zero-order valence-corrected chi connectivity index (χ0v) is 10.2. The average molecular weight is 278 g/mol. The second kappa shape index (κ2) is 5.75. The number of methoxy groups -OCH3 is 1. The number of ether oxygens (including phenoxy) is 1. The van der Waals surface area contributed by atoms with E-state index in [1.807, 2.05) is 0 Å². The molecule has 1 aromatic rings. The molecule has 0 atom stereocenters. The van der Waals surface area contributed by atoms with Gasteiger partial charge in [-0.05, 0) is 18.2 Å². The summed E-state index contributed by atoms with van der Waals surface area (Å²) in [5.41, 5.74) is 0.213. The topological polar surface area (TPSA) is 75.6 Å². The summed E-state index contributed by atoms with van der Waals surface area (Å²) in [4.78, 5) is 20.8. The molecule has 0 spiro atoms. The molecule has 92 valence electrons. The van der Waals surface area contributed by atoms with Gasteiger partial charge in [-0.15, -0.1) is 0 Å². The summed E-state index contributed by atoms with van der Waals surface area (Å²) in [6.07, 6.45) is 0. The van der Waals surface area contributed by atoms with E-state index in [9.17, 15) is 9.59 Å². The molecule has 0 saturated carbocycles. The first-order valence-corrected chi connectivity index (χ1v) is 5.33. The lowest BCUT2D eigenvalue weighted by molar-refractivity contribution is -0.114. The Morgan fingerprint density at radius 3 is 2.53 bits per heavy atom. The molecule has 1 amide bonds. The molecular formula is C10H9Cl2NO4. The van der Waals surface area contributed by atoms with Crippen LogP contribution in [0.15, 0.2) is 18.2 Å². The number of anilines is 1. The molecule has 0 aliphatic heterocycles. The van der Waals surface area contributed by atoms with E-state index in [1.165, 1.54) is 25.3 Å². The van der Waals surface area contributed by atoms with Gasteiger partial charge in [-0.2, -0.15) is 0 Å². The summed E-state index contributed by atoms with van der Waals surface area (Å²) >= 11 is 10.7. The Hall–Kier alpha value is -1.46. The van der Waals surface area contributed by atoms with Gasteiger partial charge < -0.3 is 15.2 Å². The lowest BCUT2D eigenvalue weighted by atomic mass is 10.2. The third-order valence-electron chi connectivity index (χ3n) is 1.90. The van der Waals surface area contributed by atoms with E-state index in [1.54, 1.807) is 0 Å². The maximum atomic E-state index is 11.3. The average Bonchev–Trinajstić information content (AvgIpc) is 2.28. The smallest absolute Gasteiger partial charge is 0.335 e. The molecule has 2 N–H and O–H groups in total. The fraction of sp³-hybridized carbons (Fsp3) is 0.200. The highest BCUT2D eigenvalue weighted by Crippen LogP contribution is 2.26. The van der Waals surface area contributed by atoms with Crippen LogP contribution in [0.25, 0.3) is 0 Å². The van der Waals surface area contributed by atoms with Crippen molar-refractivity contribution < 1.29 is 19.4 Å². The van der Waals surface area contributed by atoms with Crippen molar-refractivity contribution in [2.24, 2.45) is 0 Å². The molecular weight excluding hydrogens is 269 g/mol. The fourth-order valence-electron chi connectivity index (χ4n) is 1.13. The van der Waals surface area contributed by atoms with Crippen molar-refractivity contribution in [3.05, 3.63) is 23.8 Å². The maximum absolute atomic E-state index is 11.3. The Balaban J connectivity index is 3.06. The van der Waals surface area contributed by atoms with Crippen molar-refractivity contribution in [3.63, 3.8) is 0 Å². The molecule has 0 aliphatic carbocycles. The number of carbonyl (C=O) groups is 2. The third-order valence-corrected chi connectivity index (χ3v) is 2.30. The van der Waals surface area contributed by atoms with Crippen molar-refractivity contribution in [2.45, 2.75) is 4.84 Å². The van der Waals surface area contributed by atoms with Crippen LogP contribution in [0.1, 0.15) is 10.4 Å². The minimum atomic E-state index is -1.24. The molecule has 0 radical (unpaired) electrons. The minimum Gasteiger partial charge on any atom is -0.495 e. The lowest BCUT2D eigenvalue weighted by Gasteiger charge is -2.11. The van der Waals surface area contributed by atoms with Crippen molar-refractivity contribution in [3.8, 4) is 5.75 Å². The van der Waals surface area contributed by atoms with Gasteiger partial charge in [-0.3, -0.25) is 4.79 Å². The molecule has 5 nitrogen and oxygen atoms in total.